The van der Waals surface area contributed by atoms with Crippen LogP contribution in [0, 0.1) is 10.1 Å². The first kappa shape index (κ1) is 15.2. The molecule has 19 heavy (non-hydrogen) atoms. The number of aliphatic hydroxyl groups is 1. The molecule has 0 heterocycles. The second-order valence-corrected chi connectivity index (χ2v) is 3.90. The SMILES string of the molecule is CCOc1cc(C(O)CC)c([N+](=O)[O-])cc1OCC. The Bertz CT molecular complexity index is 447. The lowest BCUT2D eigenvalue weighted by Crippen LogP contribution is -2.05. The van der Waals surface area contributed by atoms with Gasteiger partial charge in [-0.1, -0.05) is 6.92 Å². The number of aliphatic hydroxyl groups excluding tert-OH is 1. The topological polar surface area (TPSA) is 81.8 Å². The minimum absolute atomic E-state index is 0.152. The first-order valence-electron chi connectivity index (χ1n) is 6.31. The molecule has 0 saturated carbocycles. The molecule has 0 aliphatic heterocycles. The van der Waals surface area contributed by atoms with Crippen molar-refractivity contribution in [2.75, 3.05) is 13.2 Å². The molecular formula is C13H19NO5. The predicted molar refractivity (Wildman–Crippen MR) is 70.7 cm³/mol. The Morgan fingerprint density at radius 2 is 1.74 bits per heavy atom. The maximum Gasteiger partial charge on any atom is 0.279 e. The van der Waals surface area contributed by atoms with E-state index in [2.05, 4.69) is 0 Å². The number of benzene rings is 1. The smallest absolute Gasteiger partial charge is 0.279 e. The Hall–Kier alpha value is -1.82. The molecule has 6 heteroatoms. The number of hydrogen-bond donors (Lipinski definition) is 1. The summed E-state index contributed by atoms with van der Waals surface area (Å²) in [5, 5.41) is 20.9. The van der Waals surface area contributed by atoms with Gasteiger partial charge in [-0.25, -0.2) is 0 Å². The fourth-order valence-corrected chi connectivity index (χ4v) is 1.75. The third kappa shape index (κ3) is 3.57. The monoisotopic (exact) mass is 269 g/mol. The van der Waals surface area contributed by atoms with Crippen molar-refractivity contribution in [1.29, 1.82) is 0 Å². The van der Waals surface area contributed by atoms with E-state index >= 15 is 0 Å². The van der Waals surface area contributed by atoms with Crippen molar-refractivity contribution >= 4 is 5.69 Å². The number of nitro benzene ring substituents is 1. The van der Waals surface area contributed by atoms with E-state index in [1.54, 1.807) is 13.8 Å². The molecule has 0 aliphatic rings. The largest absolute Gasteiger partial charge is 0.490 e. The molecule has 0 aliphatic carbocycles. The van der Waals surface area contributed by atoms with Crippen molar-refractivity contribution in [3.8, 4) is 11.5 Å². The Kier molecular flexibility index (Phi) is 5.57. The molecule has 1 aromatic carbocycles. The van der Waals surface area contributed by atoms with Gasteiger partial charge in [0, 0.05) is 0 Å². The van der Waals surface area contributed by atoms with Crippen LogP contribution in [0.4, 0.5) is 5.69 Å². The van der Waals surface area contributed by atoms with Crippen LogP contribution in [0.25, 0.3) is 0 Å². The third-order valence-corrected chi connectivity index (χ3v) is 2.64. The van der Waals surface area contributed by atoms with Crippen LogP contribution < -0.4 is 9.47 Å². The molecule has 1 aromatic rings. The molecule has 1 rings (SSSR count). The number of hydrogen-bond acceptors (Lipinski definition) is 5. The summed E-state index contributed by atoms with van der Waals surface area (Å²) in [6.07, 6.45) is -0.504. The highest BCUT2D eigenvalue weighted by molar-refractivity contribution is 5.55. The van der Waals surface area contributed by atoms with Crippen molar-refractivity contribution in [2.45, 2.75) is 33.3 Å². The van der Waals surface area contributed by atoms with Gasteiger partial charge in [0.05, 0.1) is 35.9 Å². The first-order valence-corrected chi connectivity index (χ1v) is 6.31. The van der Waals surface area contributed by atoms with Gasteiger partial charge in [-0.3, -0.25) is 10.1 Å². The fourth-order valence-electron chi connectivity index (χ4n) is 1.75. The fraction of sp³-hybridized carbons (Fsp3) is 0.538. The van der Waals surface area contributed by atoms with Gasteiger partial charge in [0.15, 0.2) is 11.5 Å². The van der Waals surface area contributed by atoms with Crippen LogP contribution in [-0.2, 0) is 0 Å². The van der Waals surface area contributed by atoms with Crippen molar-refractivity contribution in [1.82, 2.24) is 0 Å². The van der Waals surface area contributed by atoms with E-state index in [-0.39, 0.29) is 11.3 Å². The van der Waals surface area contributed by atoms with Crippen molar-refractivity contribution in [2.24, 2.45) is 0 Å². The van der Waals surface area contributed by atoms with Crippen molar-refractivity contribution in [3.05, 3.63) is 27.8 Å². The van der Waals surface area contributed by atoms with Gasteiger partial charge in [0.1, 0.15) is 0 Å². The van der Waals surface area contributed by atoms with Crippen LogP contribution in [0.3, 0.4) is 0 Å². The molecule has 0 radical (unpaired) electrons. The van der Waals surface area contributed by atoms with Gasteiger partial charge in [-0.15, -0.1) is 0 Å². The van der Waals surface area contributed by atoms with Gasteiger partial charge < -0.3 is 14.6 Å². The highest BCUT2D eigenvalue weighted by Gasteiger charge is 2.23. The Balaban J connectivity index is 3.36. The van der Waals surface area contributed by atoms with E-state index in [1.165, 1.54) is 12.1 Å². The maximum atomic E-state index is 11.1. The van der Waals surface area contributed by atoms with Crippen LogP contribution in [0.1, 0.15) is 38.9 Å². The summed E-state index contributed by atoms with van der Waals surface area (Å²) < 4.78 is 10.7. The van der Waals surface area contributed by atoms with E-state index in [0.717, 1.165) is 0 Å². The van der Waals surface area contributed by atoms with Crippen LogP contribution in [0.5, 0.6) is 11.5 Å². The Labute approximate surface area is 112 Å². The highest BCUT2D eigenvalue weighted by atomic mass is 16.6. The van der Waals surface area contributed by atoms with E-state index in [4.69, 9.17) is 9.47 Å². The van der Waals surface area contributed by atoms with Crippen LogP contribution in [-0.4, -0.2) is 23.2 Å². The van der Waals surface area contributed by atoms with Gasteiger partial charge in [0.25, 0.3) is 5.69 Å². The first-order chi connectivity index (χ1) is 9.04. The van der Waals surface area contributed by atoms with Crippen LogP contribution in [0.2, 0.25) is 0 Å². The van der Waals surface area contributed by atoms with E-state index in [0.29, 0.717) is 31.1 Å². The molecule has 6 nitrogen and oxygen atoms in total. The van der Waals surface area contributed by atoms with Crippen LogP contribution >= 0.6 is 0 Å². The normalized spacial score (nSPS) is 12.0. The van der Waals surface area contributed by atoms with E-state index in [9.17, 15) is 15.2 Å². The van der Waals surface area contributed by atoms with Crippen LogP contribution in [0.15, 0.2) is 12.1 Å². The maximum absolute atomic E-state index is 11.1. The lowest BCUT2D eigenvalue weighted by molar-refractivity contribution is -0.386. The number of ether oxygens (including phenoxy) is 2. The number of rotatable bonds is 7. The van der Waals surface area contributed by atoms with Gasteiger partial charge in [-0.05, 0) is 26.3 Å². The minimum Gasteiger partial charge on any atom is -0.490 e. The zero-order valence-corrected chi connectivity index (χ0v) is 11.4. The summed E-state index contributed by atoms with van der Waals surface area (Å²) in [6.45, 7) is 6.15. The highest BCUT2D eigenvalue weighted by Crippen LogP contribution is 2.38. The second-order valence-electron chi connectivity index (χ2n) is 3.90. The molecule has 0 bridgehead atoms. The molecule has 1 N–H and O–H groups in total. The summed E-state index contributed by atoms with van der Waals surface area (Å²) in [6, 6.07) is 2.80. The number of nitrogens with zero attached hydrogens (tertiary/aromatic N) is 1. The van der Waals surface area contributed by atoms with E-state index < -0.39 is 11.0 Å². The molecule has 1 unspecified atom stereocenters. The molecule has 0 spiro atoms. The molecular weight excluding hydrogens is 250 g/mol. The van der Waals surface area contributed by atoms with E-state index in [1.807, 2.05) is 6.92 Å². The summed E-state index contributed by atoms with van der Waals surface area (Å²) in [7, 11) is 0. The predicted octanol–water partition coefficient (Wildman–Crippen LogP) is 2.84. The van der Waals surface area contributed by atoms with Gasteiger partial charge >= 0.3 is 0 Å². The molecule has 106 valence electrons. The molecule has 0 saturated heterocycles. The second kappa shape index (κ2) is 6.94. The van der Waals surface area contributed by atoms with Crippen molar-refractivity contribution in [3.63, 3.8) is 0 Å². The minimum atomic E-state index is -0.893. The summed E-state index contributed by atoms with van der Waals surface area (Å²) >= 11 is 0. The third-order valence-electron chi connectivity index (χ3n) is 2.64. The van der Waals surface area contributed by atoms with Crippen molar-refractivity contribution < 1.29 is 19.5 Å². The zero-order valence-electron chi connectivity index (χ0n) is 11.4. The molecule has 0 aromatic heterocycles. The van der Waals surface area contributed by atoms with Gasteiger partial charge in [-0.2, -0.15) is 0 Å². The Morgan fingerprint density at radius 3 is 2.16 bits per heavy atom. The standard InChI is InChI=1S/C13H19NO5/c1-4-11(15)9-7-12(18-5-2)13(19-6-3)8-10(9)14(16)17/h7-8,11,15H,4-6H2,1-3H3. The average molecular weight is 269 g/mol. The number of nitro groups is 1. The summed E-state index contributed by atoms with van der Waals surface area (Å²) in [5.41, 5.74) is 0.0978. The lowest BCUT2D eigenvalue weighted by Gasteiger charge is -2.15. The Morgan fingerprint density at radius 1 is 1.21 bits per heavy atom. The quantitative estimate of drug-likeness (QED) is 0.608. The molecule has 0 fully saturated rings. The lowest BCUT2D eigenvalue weighted by atomic mass is 10.0. The summed E-state index contributed by atoms with van der Waals surface area (Å²) in [5.74, 6) is 0.737. The zero-order chi connectivity index (χ0) is 14.4. The summed E-state index contributed by atoms with van der Waals surface area (Å²) in [4.78, 5) is 10.5. The van der Waals surface area contributed by atoms with Gasteiger partial charge in [0.2, 0.25) is 0 Å². The molecule has 0 amide bonds. The average Bonchev–Trinajstić information content (AvgIpc) is 2.39. The molecule has 1 atom stereocenters.